The molecule has 0 nitrogen and oxygen atoms in total. The molecule has 2 heteroatoms. The topological polar surface area (TPSA) is 0 Å². The molecule has 0 fully saturated rings. The van der Waals surface area contributed by atoms with Gasteiger partial charge in [-0.2, -0.15) is 0 Å². The van der Waals surface area contributed by atoms with E-state index in [1.165, 1.54) is 0 Å². The minimum atomic E-state index is -0.373. The molecular formula is C18H12ClF. The number of benzene rings is 3. The summed E-state index contributed by atoms with van der Waals surface area (Å²) in [5.74, 6) is -0.373. The molecule has 0 spiro atoms. The third kappa shape index (κ3) is 2.45. The van der Waals surface area contributed by atoms with Gasteiger partial charge >= 0.3 is 0 Å². The summed E-state index contributed by atoms with van der Waals surface area (Å²) in [4.78, 5) is 0. The fourth-order valence-corrected chi connectivity index (χ4v) is 2.37. The van der Waals surface area contributed by atoms with Crippen molar-refractivity contribution < 1.29 is 4.39 Å². The quantitative estimate of drug-likeness (QED) is 0.556. The SMILES string of the molecule is Fc1c(Cl)cccc1-c1ccc(-c2ccccc2)cc1. The van der Waals surface area contributed by atoms with Gasteiger partial charge in [-0.1, -0.05) is 78.3 Å². The van der Waals surface area contributed by atoms with E-state index in [0.717, 1.165) is 16.7 Å². The number of hydrogen-bond acceptors (Lipinski definition) is 0. The summed E-state index contributed by atoms with van der Waals surface area (Å²) in [5.41, 5.74) is 3.60. The zero-order valence-electron chi connectivity index (χ0n) is 10.7. The second-order valence-electron chi connectivity index (χ2n) is 4.54. The van der Waals surface area contributed by atoms with Crippen LogP contribution in [0.1, 0.15) is 0 Å². The minimum Gasteiger partial charge on any atom is -0.205 e. The van der Waals surface area contributed by atoms with Crippen molar-refractivity contribution in [1.82, 2.24) is 0 Å². The molecule has 0 saturated heterocycles. The fraction of sp³-hybridized carbons (Fsp3) is 0. The molecule has 3 aromatic rings. The average Bonchev–Trinajstić information content (AvgIpc) is 2.51. The van der Waals surface area contributed by atoms with Crippen molar-refractivity contribution in [1.29, 1.82) is 0 Å². The molecule has 0 aliphatic heterocycles. The lowest BCUT2D eigenvalue weighted by Gasteiger charge is -2.07. The van der Waals surface area contributed by atoms with Gasteiger partial charge in [-0.3, -0.25) is 0 Å². The number of rotatable bonds is 2. The average molecular weight is 283 g/mol. The second-order valence-corrected chi connectivity index (χ2v) is 4.95. The van der Waals surface area contributed by atoms with E-state index in [0.29, 0.717) is 5.56 Å². The third-order valence-electron chi connectivity index (χ3n) is 3.25. The van der Waals surface area contributed by atoms with Gasteiger partial charge in [-0.25, -0.2) is 4.39 Å². The van der Waals surface area contributed by atoms with Crippen molar-refractivity contribution in [2.24, 2.45) is 0 Å². The molecule has 0 N–H and O–H groups in total. The van der Waals surface area contributed by atoms with Gasteiger partial charge in [0.15, 0.2) is 0 Å². The molecule has 0 aliphatic rings. The molecule has 0 aromatic heterocycles. The maximum Gasteiger partial charge on any atom is 0.149 e. The normalized spacial score (nSPS) is 10.5. The van der Waals surface area contributed by atoms with Crippen molar-refractivity contribution in [2.75, 3.05) is 0 Å². The van der Waals surface area contributed by atoms with Crippen LogP contribution in [-0.4, -0.2) is 0 Å². The van der Waals surface area contributed by atoms with E-state index in [1.807, 2.05) is 42.5 Å². The van der Waals surface area contributed by atoms with Crippen LogP contribution in [0, 0.1) is 5.82 Å². The summed E-state index contributed by atoms with van der Waals surface area (Å²) >= 11 is 5.82. The highest BCUT2D eigenvalue weighted by Crippen LogP contribution is 2.29. The minimum absolute atomic E-state index is 0.148. The number of halogens is 2. The van der Waals surface area contributed by atoms with E-state index in [2.05, 4.69) is 12.1 Å². The van der Waals surface area contributed by atoms with Gasteiger partial charge in [-0.15, -0.1) is 0 Å². The molecule has 0 amide bonds. The first-order chi connectivity index (χ1) is 9.75. The second kappa shape index (κ2) is 5.48. The lowest BCUT2D eigenvalue weighted by Crippen LogP contribution is -1.85. The van der Waals surface area contributed by atoms with Gasteiger partial charge < -0.3 is 0 Å². The van der Waals surface area contributed by atoms with Crippen LogP contribution in [0.15, 0.2) is 72.8 Å². The van der Waals surface area contributed by atoms with Crippen LogP contribution in [-0.2, 0) is 0 Å². The Morgan fingerprint density at radius 3 is 1.90 bits per heavy atom. The molecule has 0 atom stereocenters. The molecule has 0 bridgehead atoms. The Kier molecular flexibility index (Phi) is 3.53. The maximum atomic E-state index is 14.0. The zero-order valence-corrected chi connectivity index (χ0v) is 11.4. The van der Waals surface area contributed by atoms with Gasteiger partial charge in [0.25, 0.3) is 0 Å². The molecule has 0 radical (unpaired) electrons. The monoisotopic (exact) mass is 282 g/mol. The molecule has 0 aliphatic carbocycles. The van der Waals surface area contributed by atoms with Crippen LogP contribution in [0.5, 0.6) is 0 Å². The van der Waals surface area contributed by atoms with E-state index in [4.69, 9.17) is 11.6 Å². The van der Waals surface area contributed by atoms with Gasteiger partial charge in [0.05, 0.1) is 5.02 Å². The summed E-state index contributed by atoms with van der Waals surface area (Å²) < 4.78 is 14.0. The first-order valence-electron chi connectivity index (χ1n) is 6.35. The summed E-state index contributed by atoms with van der Waals surface area (Å²) in [7, 11) is 0. The Hall–Kier alpha value is -2.12. The highest BCUT2D eigenvalue weighted by molar-refractivity contribution is 6.31. The smallest absolute Gasteiger partial charge is 0.149 e. The first kappa shape index (κ1) is 12.9. The highest BCUT2D eigenvalue weighted by Gasteiger charge is 2.08. The molecule has 98 valence electrons. The van der Waals surface area contributed by atoms with Gasteiger partial charge in [0.1, 0.15) is 5.82 Å². The van der Waals surface area contributed by atoms with Gasteiger partial charge in [0.2, 0.25) is 0 Å². The predicted molar refractivity (Wildman–Crippen MR) is 82.3 cm³/mol. The van der Waals surface area contributed by atoms with E-state index < -0.39 is 0 Å². The Bertz CT molecular complexity index is 718. The van der Waals surface area contributed by atoms with Crippen molar-refractivity contribution >= 4 is 11.6 Å². The lowest BCUT2D eigenvalue weighted by atomic mass is 10.00. The van der Waals surface area contributed by atoms with Crippen LogP contribution < -0.4 is 0 Å². The molecule has 0 saturated carbocycles. The van der Waals surface area contributed by atoms with E-state index in [9.17, 15) is 4.39 Å². The molecule has 0 unspecified atom stereocenters. The Morgan fingerprint density at radius 2 is 1.20 bits per heavy atom. The molecule has 20 heavy (non-hydrogen) atoms. The predicted octanol–water partition coefficient (Wildman–Crippen LogP) is 5.81. The van der Waals surface area contributed by atoms with Crippen LogP contribution in [0.4, 0.5) is 4.39 Å². The van der Waals surface area contributed by atoms with E-state index >= 15 is 0 Å². The fourth-order valence-electron chi connectivity index (χ4n) is 2.20. The van der Waals surface area contributed by atoms with Crippen molar-refractivity contribution in [3.63, 3.8) is 0 Å². The van der Waals surface area contributed by atoms with Gasteiger partial charge in [-0.05, 0) is 22.8 Å². The molecule has 0 heterocycles. The summed E-state index contributed by atoms with van der Waals surface area (Å²) in [6.07, 6.45) is 0. The Morgan fingerprint density at radius 1 is 0.600 bits per heavy atom. The standard InChI is InChI=1S/C18H12ClF/c19-17-8-4-7-16(18(17)20)15-11-9-14(10-12-15)13-5-2-1-3-6-13/h1-12H. The summed E-state index contributed by atoms with van der Waals surface area (Å²) in [5, 5.41) is 0.148. The van der Waals surface area contributed by atoms with Crippen LogP contribution in [0.3, 0.4) is 0 Å². The Labute approximate surface area is 122 Å². The Balaban J connectivity index is 2.00. The van der Waals surface area contributed by atoms with E-state index in [-0.39, 0.29) is 10.8 Å². The maximum absolute atomic E-state index is 14.0. The number of hydrogen-bond donors (Lipinski definition) is 0. The lowest BCUT2D eigenvalue weighted by molar-refractivity contribution is 0.632. The van der Waals surface area contributed by atoms with Gasteiger partial charge in [0, 0.05) is 5.56 Å². The molecular weight excluding hydrogens is 271 g/mol. The van der Waals surface area contributed by atoms with Crippen LogP contribution in [0.25, 0.3) is 22.3 Å². The molecule has 3 aromatic carbocycles. The van der Waals surface area contributed by atoms with Crippen LogP contribution >= 0.6 is 11.6 Å². The van der Waals surface area contributed by atoms with E-state index in [1.54, 1.807) is 18.2 Å². The summed E-state index contributed by atoms with van der Waals surface area (Å²) in [6.45, 7) is 0. The third-order valence-corrected chi connectivity index (χ3v) is 3.55. The van der Waals surface area contributed by atoms with Crippen molar-refractivity contribution in [3.05, 3.63) is 83.6 Å². The van der Waals surface area contributed by atoms with Crippen molar-refractivity contribution in [3.8, 4) is 22.3 Å². The largest absolute Gasteiger partial charge is 0.205 e. The van der Waals surface area contributed by atoms with Crippen molar-refractivity contribution in [2.45, 2.75) is 0 Å². The highest BCUT2D eigenvalue weighted by atomic mass is 35.5. The zero-order chi connectivity index (χ0) is 13.9. The first-order valence-corrected chi connectivity index (χ1v) is 6.73. The molecule has 3 rings (SSSR count). The van der Waals surface area contributed by atoms with Crippen LogP contribution in [0.2, 0.25) is 5.02 Å². The summed E-state index contributed by atoms with van der Waals surface area (Å²) in [6, 6.07) is 22.9.